The molecule has 0 spiro atoms. The lowest BCUT2D eigenvalue weighted by molar-refractivity contribution is 0.187. The zero-order chi connectivity index (χ0) is 7.28. The smallest absolute Gasteiger partial charge is 0.408 e. The van der Waals surface area contributed by atoms with Crippen LogP contribution in [0.4, 0.5) is 0 Å². The van der Waals surface area contributed by atoms with Crippen LogP contribution in [-0.2, 0) is 9.31 Å². The lowest BCUT2D eigenvalue weighted by Crippen LogP contribution is -2.13. The first-order chi connectivity index (χ1) is 4.30. The van der Waals surface area contributed by atoms with E-state index in [1.165, 1.54) is 7.69 Å². The van der Waals surface area contributed by atoms with Gasteiger partial charge in [0.2, 0.25) is 0 Å². The Kier molecular flexibility index (Phi) is 4.82. The van der Waals surface area contributed by atoms with Crippen LogP contribution in [0.15, 0.2) is 0 Å². The van der Waals surface area contributed by atoms with Gasteiger partial charge in [-0.05, 0) is 13.8 Å². The Bertz CT molecular complexity index is 60.1. The van der Waals surface area contributed by atoms with Crippen molar-refractivity contribution >= 4 is 7.69 Å². The molecule has 0 aromatic rings. The van der Waals surface area contributed by atoms with Gasteiger partial charge >= 0.3 is 7.69 Å². The first-order valence-electron chi connectivity index (χ1n) is 3.43. The highest BCUT2D eigenvalue weighted by Gasteiger charge is 2.21. The summed E-state index contributed by atoms with van der Waals surface area (Å²) >= 11 is 0. The number of rotatable bonds is 0. The topological polar surface area (TPSA) is 18.5 Å². The van der Waals surface area contributed by atoms with Gasteiger partial charge in [-0.3, -0.25) is 0 Å². The van der Waals surface area contributed by atoms with Crippen LogP contribution in [0.3, 0.4) is 0 Å². The van der Waals surface area contributed by atoms with Crippen molar-refractivity contribution in [3.63, 3.8) is 0 Å². The van der Waals surface area contributed by atoms with E-state index < -0.39 is 0 Å². The molecule has 1 aliphatic heterocycles. The molecule has 0 aliphatic carbocycles. The van der Waals surface area contributed by atoms with E-state index in [0.29, 0.717) is 0 Å². The van der Waals surface area contributed by atoms with Crippen molar-refractivity contribution in [2.24, 2.45) is 0 Å². The van der Waals surface area contributed by atoms with Gasteiger partial charge in [-0.1, -0.05) is 13.8 Å². The highest BCUT2D eigenvalue weighted by molar-refractivity contribution is 6.19. The predicted octanol–water partition coefficient (Wildman–Crippen LogP) is 1.37. The zero-order valence-electron chi connectivity index (χ0n) is 6.55. The molecule has 0 bridgehead atoms. The average molecular weight is 129 g/mol. The second-order valence-corrected chi connectivity index (χ2v) is 1.78. The SMILES string of the molecule is CC.C[C@@H]1O[B]O[C@H]1C. The standard InChI is InChI=1S/C4H8BO2.C2H6/c1-3-4(2)7-5-6-3;1-2/h3-4H,1-2H3;1-2H3/t3-,4-;/m0./s1. The fraction of sp³-hybridized carbons (Fsp3) is 1.00. The molecule has 0 amide bonds. The third-order valence-electron chi connectivity index (χ3n) is 1.20. The fourth-order valence-corrected chi connectivity index (χ4v) is 0.429. The van der Waals surface area contributed by atoms with E-state index in [-0.39, 0.29) is 12.2 Å². The van der Waals surface area contributed by atoms with Crippen LogP contribution in [-0.4, -0.2) is 19.9 Å². The van der Waals surface area contributed by atoms with Crippen molar-refractivity contribution < 1.29 is 9.31 Å². The van der Waals surface area contributed by atoms with E-state index in [1.54, 1.807) is 0 Å². The van der Waals surface area contributed by atoms with Crippen molar-refractivity contribution in [2.45, 2.75) is 39.9 Å². The summed E-state index contributed by atoms with van der Waals surface area (Å²) in [4.78, 5) is 0. The fourth-order valence-electron chi connectivity index (χ4n) is 0.429. The summed E-state index contributed by atoms with van der Waals surface area (Å²) in [7, 11) is 1.40. The van der Waals surface area contributed by atoms with Gasteiger partial charge in [0.1, 0.15) is 0 Å². The van der Waals surface area contributed by atoms with Crippen LogP contribution < -0.4 is 0 Å². The Morgan fingerprint density at radius 3 is 1.44 bits per heavy atom. The highest BCUT2D eigenvalue weighted by Crippen LogP contribution is 2.07. The Labute approximate surface area is 57.8 Å². The molecule has 1 radical (unpaired) electrons. The van der Waals surface area contributed by atoms with Crippen LogP contribution in [0.25, 0.3) is 0 Å². The van der Waals surface area contributed by atoms with Gasteiger partial charge in [0.25, 0.3) is 0 Å². The minimum Gasteiger partial charge on any atom is -0.408 e. The summed E-state index contributed by atoms with van der Waals surface area (Å²) in [5, 5.41) is 0. The molecule has 1 rings (SSSR count). The van der Waals surface area contributed by atoms with Crippen molar-refractivity contribution in [3.8, 4) is 0 Å². The van der Waals surface area contributed by atoms with Crippen molar-refractivity contribution in [2.75, 3.05) is 0 Å². The van der Waals surface area contributed by atoms with Crippen molar-refractivity contribution in [1.82, 2.24) is 0 Å². The second kappa shape index (κ2) is 4.83. The van der Waals surface area contributed by atoms with Gasteiger partial charge in [-0.2, -0.15) is 0 Å². The summed E-state index contributed by atoms with van der Waals surface area (Å²) in [6.07, 6.45) is 0.472. The van der Waals surface area contributed by atoms with Gasteiger partial charge in [-0.25, -0.2) is 0 Å². The maximum Gasteiger partial charge on any atom is 0.488 e. The van der Waals surface area contributed by atoms with Crippen molar-refractivity contribution in [3.05, 3.63) is 0 Å². The monoisotopic (exact) mass is 129 g/mol. The lowest BCUT2D eigenvalue weighted by Gasteiger charge is -2.04. The van der Waals surface area contributed by atoms with Gasteiger partial charge in [-0.15, -0.1) is 0 Å². The molecular formula is C6H14BO2. The molecule has 0 unspecified atom stereocenters. The highest BCUT2D eigenvalue weighted by atomic mass is 16.6. The van der Waals surface area contributed by atoms with Crippen LogP contribution in [0.5, 0.6) is 0 Å². The second-order valence-electron chi connectivity index (χ2n) is 1.78. The summed E-state index contributed by atoms with van der Waals surface area (Å²) in [5.74, 6) is 0. The molecule has 1 aliphatic rings. The molecule has 53 valence electrons. The zero-order valence-corrected chi connectivity index (χ0v) is 6.55. The minimum atomic E-state index is 0.236. The van der Waals surface area contributed by atoms with Gasteiger partial charge in [0.05, 0.1) is 12.2 Å². The van der Waals surface area contributed by atoms with Crippen LogP contribution in [0.2, 0.25) is 0 Å². The number of hydrogen-bond donors (Lipinski definition) is 0. The Hall–Kier alpha value is -0.0151. The van der Waals surface area contributed by atoms with Gasteiger partial charge < -0.3 is 9.31 Å². The molecular weight excluding hydrogens is 115 g/mol. The van der Waals surface area contributed by atoms with E-state index in [0.717, 1.165) is 0 Å². The maximum absolute atomic E-state index is 4.92. The van der Waals surface area contributed by atoms with Gasteiger partial charge in [0.15, 0.2) is 0 Å². The third-order valence-corrected chi connectivity index (χ3v) is 1.20. The van der Waals surface area contributed by atoms with E-state index in [9.17, 15) is 0 Å². The minimum absolute atomic E-state index is 0.236. The van der Waals surface area contributed by atoms with E-state index in [1.807, 2.05) is 27.7 Å². The summed E-state index contributed by atoms with van der Waals surface area (Å²) in [6.45, 7) is 7.96. The number of hydrogen-bond acceptors (Lipinski definition) is 2. The molecule has 0 aromatic heterocycles. The molecule has 1 fully saturated rings. The molecule has 2 atom stereocenters. The lowest BCUT2D eigenvalue weighted by atomic mass is 10.3. The molecule has 1 heterocycles. The predicted molar refractivity (Wildman–Crippen MR) is 38.2 cm³/mol. The van der Waals surface area contributed by atoms with E-state index >= 15 is 0 Å². The van der Waals surface area contributed by atoms with E-state index in [4.69, 9.17) is 9.31 Å². The first-order valence-corrected chi connectivity index (χ1v) is 3.43. The molecule has 3 heteroatoms. The molecule has 0 N–H and O–H groups in total. The summed E-state index contributed by atoms with van der Waals surface area (Å²) in [6, 6.07) is 0. The normalized spacial score (nSPS) is 32.4. The first kappa shape index (κ1) is 8.98. The molecule has 1 saturated heterocycles. The summed E-state index contributed by atoms with van der Waals surface area (Å²) in [5.41, 5.74) is 0. The Morgan fingerprint density at radius 2 is 1.33 bits per heavy atom. The largest absolute Gasteiger partial charge is 0.488 e. The van der Waals surface area contributed by atoms with Crippen LogP contribution in [0, 0.1) is 0 Å². The third kappa shape index (κ3) is 2.87. The Balaban J connectivity index is 0.000000291. The maximum atomic E-state index is 4.92. The van der Waals surface area contributed by atoms with Gasteiger partial charge in [0, 0.05) is 0 Å². The van der Waals surface area contributed by atoms with E-state index in [2.05, 4.69) is 0 Å². The summed E-state index contributed by atoms with van der Waals surface area (Å²) < 4.78 is 9.84. The average Bonchev–Trinajstić information content (AvgIpc) is 2.23. The molecule has 2 nitrogen and oxygen atoms in total. The quantitative estimate of drug-likeness (QED) is 0.460. The molecule has 9 heavy (non-hydrogen) atoms. The van der Waals surface area contributed by atoms with Crippen molar-refractivity contribution in [1.29, 1.82) is 0 Å². The molecule has 0 aromatic carbocycles. The Morgan fingerprint density at radius 1 is 1.00 bits per heavy atom. The van der Waals surface area contributed by atoms with Crippen LogP contribution >= 0.6 is 0 Å². The van der Waals surface area contributed by atoms with Crippen LogP contribution in [0.1, 0.15) is 27.7 Å². The molecule has 0 saturated carbocycles.